The molecule has 0 bridgehead atoms. The predicted octanol–water partition coefficient (Wildman–Crippen LogP) is -1.12. The quantitative estimate of drug-likeness (QED) is 0.551. The number of alkyl halides is 1. The Hall–Kier alpha value is -1.71. The highest BCUT2D eigenvalue weighted by Crippen LogP contribution is 2.32. The van der Waals surface area contributed by atoms with Gasteiger partial charge in [0.2, 0.25) is 0 Å². The first-order valence-corrected chi connectivity index (χ1v) is 5.73. The second kappa shape index (κ2) is 4.15. The largest absolute Gasteiger partial charge is 0.394 e. The lowest BCUT2D eigenvalue weighted by atomic mass is 10.1. The lowest BCUT2D eigenvalue weighted by Gasteiger charge is -2.29. The van der Waals surface area contributed by atoms with Crippen molar-refractivity contribution in [3.8, 4) is 0 Å². The number of hydrogen-bond donors (Lipinski definition) is 3. The van der Waals surface area contributed by atoms with E-state index in [1.807, 2.05) is 0 Å². The molecule has 4 atom stereocenters. The van der Waals surface area contributed by atoms with Crippen LogP contribution in [0.25, 0.3) is 0 Å². The molecule has 0 spiro atoms. The topological polar surface area (TPSA) is 114 Å². The zero-order valence-corrected chi connectivity index (χ0v) is 9.77. The van der Waals surface area contributed by atoms with Crippen LogP contribution < -0.4 is 0 Å². The Balaban J connectivity index is 1.88. The molecule has 9 heteroatoms. The lowest BCUT2D eigenvalue weighted by Crippen LogP contribution is -2.51. The van der Waals surface area contributed by atoms with E-state index in [0.717, 1.165) is 12.7 Å². The number of hydrogen-bond acceptors (Lipinski definition) is 7. The van der Waals surface area contributed by atoms with Gasteiger partial charge >= 0.3 is 5.79 Å². The number of amidine groups is 2. The molecule has 102 valence electrons. The maximum absolute atomic E-state index is 14.5. The van der Waals surface area contributed by atoms with Crippen molar-refractivity contribution in [2.75, 3.05) is 6.61 Å². The fourth-order valence-electron chi connectivity index (χ4n) is 2.26. The SMILES string of the molecule is N=C1N=CN=C2N([C@@H]3O[C@H](CO)C[C@H]3O)C=NC12F. The van der Waals surface area contributed by atoms with Crippen LogP contribution in [-0.4, -0.2) is 70.3 Å². The molecule has 19 heavy (non-hydrogen) atoms. The summed E-state index contributed by atoms with van der Waals surface area (Å²) in [5, 5.41) is 26.4. The molecule has 0 aliphatic carbocycles. The van der Waals surface area contributed by atoms with Gasteiger partial charge in [0.05, 0.1) is 19.0 Å². The van der Waals surface area contributed by atoms with Crippen molar-refractivity contribution in [2.45, 2.75) is 30.6 Å². The van der Waals surface area contributed by atoms with Crippen LogP contribution in [0.2, 0.25) is 0 Å². The molecule has 0 saturated carbocycles. The highest BCUT2D eigenvalue weighted by molar-refractivity contribution is 6.22. The van der Waals surface area contributed by atoms with Gasteiger partial charge in [-0.05, 0) is 0 Å². The van der Waals surface area contributed by atoms with Crippen LogP contribution in [0.5, 0.6) is 0 Å². The summed E-state index contributed by atoms with van der Waals surface area (Å²) >= 11 is 0. The number of ether oxygens (including phenoxy) is 1. The number of aliphatic hydroxyl groups is 2. The molecule has 1 fully saturated rings. The van der Waals surface area contributed by atoms with Crippen molar-refractivity contribution in [1.82, 2.24) is 4.90 Å². The van der Waals surface area contributed by atoms with Crippen molar-refractivity contribution in [3.05, 3.63) is 0 Å². The van der Waals surface area contributed by atoms with Gasteiger partial charge in [-0.15, -0.1) is 0 Å². The van der Waals surface area contributed by atoms with Gasteiger partial charge in [-0.2, -0.15) is 4.39 Å². The third-order valence-corrected chi connectivity index (χ3v) is 3.22. The lowest BCUT2D eigenvalue weighted by molar-refractivity contribution is -0.0493. The Bertz CT molecular complexity index is 507. The third-order valence-electron chi connectivity index (χ3n) is 3.22. The molecule has 8 nitrogen and oxygen atoms in total. The standard InChI is InChI=1S/C10H12FN5O3/c11-10-8(12)13-3-14-9(10)16(4-15-10)7-6(18)1-5(2-17)19-7/h3-7,12,17-18H,1-2H2/t5-,6+,7+,10?/m0/s1. The van der Waals surface area contributed by atoms with Crippen molar-refractivity contribution in [2.24, 2.45) is 15.0 Å². The van der Waals surface area contributed by atoms with Crippen molar-refractivity contribution >= 4 is 24.3 Å². The second-order valence-electron chi connectivity index (χ2n) is 4.45. The summed E-state index contributed by atoms with van der Waals surface area (Å²) in [6.07, 6.45) is 0.139. The van der Waals surface area contributed by atoms with E-state index in [2.05, 4.69) is 15.0 Å². The summed E-state index contributed by atoms with van der Waals surface area (Å²) in [4.78, 5) is 12.1. The van der Waals surface area contributed by atoms with E-state index in [4.69, 9.17) is 15.3 Å². The number of aliphatic imine (C=N–C) groups is 3. The van der Waals surface area contributed by atoms with Gasteiger partial charge in [-0.25, -0.2) is 15.0 Å². The van der Waals surface area contributed by atoms with Crippen molar-refractivity contribution in [3.63, 3.8) is 0 Å². The van der Waals surface area contributed by atoms with Crippen molar-refractivity contribution in [1.29, 1.82) is 5.41 Å². The number of fused-ring (bicyclic) bond motifs is 1. The summed E-state index contributed by atoms with van der Waals surface area (Å²) in [5.41, 5.74) is 0. The molecular formula is C10H12FN5O3. The average Bonchev–Trinajstić information content (AvgIpc) is 2.92. The van der Waals surface area contributed by atoms with Crippen LogP contribution in [0.4, 0.5) is 4.39 Å². The maximum Gasteiger partial charge on any atom is 0.318 e. The van der Waals surface area contributed by atoms with E-state index in [0.29, 0.717) is 0 Å². The maximum atomic E-state index is 14.5. The Morgan fingerprint density at radius 3 is 3.11 bits per heavy atom. The number of nitrogens with one attached hydrogen (secondary N) is 1. The molecule has 0 aromatic heterocycles. The smallest absolute Gasteiger partial charge is 0.318 e. The van der Waals surface area contributed by atoms with Crippen LogP contribution in [0.3, 0.4) is 0 Å². The summed E-state index contributed by atoms with van der Waals surface area (Å²) < 4.78 is 19.9. The summed E-state index contributed by atoms with van der Waals surface area (Å²) in [6.45, 7) is -0.233. The predicted molar refractivity (Wildman–Crippen MR) is 64.2 cm³/mol. The van der Waals surface area contributed by atoms with E-state index in [-0.39, 0.29) is 18.9 Å². The van der Waals surface area contributed by atoms with Crippen LogP contribution in [0, 0.1) is 5.41 Å². The second-order valence-corrected chi connectivity index (χ2v) is 4.45. The fourth-order valence-corrected chi connectivity index (χ4v) is 2.26. The minimum absolute atomic E-state index is 0.157. The molecule has 0 aromatic carbocycles. The highest BCUT2D eigenvalue weighted by Gasteiger charge is 2.53. The molecule has 3 aliphatic heterocycles. The Morgan fingerprint density at radius 2 is 2.42 bits per heavy atom. The molecule has 0 aromatic rings. The van der Waals surface area contributed by atoms with Gasteiger partial charge in [-0.1, -0.05) is 0 Å². The average molecular weight is 269 g/mol. The van der Waals surface area contributed by atoms with E-state index in [1.165, 1.54) is 4.90 Å². The molecule has 3 N–H and O–H groups in total. The summed E-state index contributed by atoms with van der Waals surface area (Å²) in [7, 11) is 0. The zero-order chi connectivity index (χ0) is 13.6. The summed E-state index contributed by atoms with van der Waals surface area (Å²) in [5.74, 6) is -3.15. The Morgan fingerprint density at radius 1 is 1.63 bits per heavy atom. The molecule has 1 saturated heterocycles. The van der Waals surface area contributed by atoms with E-state index >= 15 is 0 Å². The number of aliphatic hydroxyl groups excluding tert-OH is 2. The first-order valence-electron chi connectivity index (χ1n) is 5.73. The molecule has 3 heterocycles. The van der Waals surface area contributed by atoms with Gasteiger partial charge in [0.25, 0.3) is 0 Å². The van der Waals surface area contributed by atoms with Gasteiger partial charge in [0, 0.05) is 6.42 Å². The molecule has 1 unspecified atom stereocenters. The van der Waals surface area contributed by atoms with E-state index < -0.39 is 30.1 Å². The monoisotopic (exact) mass is 269 g/mol. The number of rotatable bonds is 2. The highest BCUT2D eigenvalue weighted by atomic mass is 19.1. The van der Waals surface area contributed by atoms with Gasteiger partial charge in [0.15, 0.2) is 17.9 Å². The van der Waals surface area contributed by atoms with Crippen LogP contribution in [0.15, 0.2) is 15.0 Å². The van der Waals surface area contributed by atoms with E-state index in [1.54, 1.807) is 0 Å². The normalized spacial score (nSPS) is 40.8. The fraction of sp³-hybridized carbons (Fsp3) is 0.600. The Kier molecular flexibility index (Phi) is 2.69. The minimum Gasteiger partial charge on any atom is -0.394 e. The van der Waals surface area contributed by atoms with Gasteiger partial charge < -0.3 is 14.9 Å². The van der Waals surface area contributed by atoms with Gasteiger partial charge in [-0.3, -0.25) is 10.3 Å². The van der Waals surface area contributed by atoms with E-state index in [9.17, 15) is 9.50 Å². The minimum atomic E-state index is -2.42. The van der Waals surface area contributed by atoms with Crippen LogP contribution >= 0.6 is 0 Å². The zero-order valence-electron chi connectivity index (χ0n) is 9.77. The first kappa shape index (κ1) is 12.3. The number of halogens is 1. The van der Waals surface area contributed by atoms with Gasteiger partial charge in [0.1, 0.15) is 12.4 Å². The molecular weight excluding hydrogens is 257 g/mol. The van der Waals surface area contributed by atoms with Crippen LogP contribution in [0.1, 0.15) is 6.42 Å². The summed E-state index contributed by atoms with van der Waals surface area (Å²) in [6, 6.07) is 0. The molecule has 3 rings (SSSR count). The van der Waals surface area contributed by atoms with Crippen molar-refractivity contribution < 1.29 is 19.3 Å². The number of nitrogens with zero attached hydrogens (tertiary/aromatic N) is 4. The molecule has 3 aliphatic rings. The molecule has 0 radical (unpaired) electrons. The van der Waals surface area contributed by atoms with Crippen LogP contribution in [-0.2, 0) is 4.74 Å². The Labute approximate surface area is 107 Å². The first-order chi connectivity index (χ1) is 9.06. The molecule has 0 amide bonds. The third kappa shape index (κ3) is 1.70.